The molecule has 0 bridgehead atoms. The lowest BCUT2D eigenvalue weighted by Crippen LogP contribution is -2.29. The Hall–Kier alpha value is -1.65. The molecule has 0 aromatic heterocycles. The van der Waals surface area contributed by atoms with Gasteiger partial charge in [0, 0.05) is 4.47 Å². The smallest absolute Gasteiger partial charge is 0.266 e. The normalized spacial score (nSPS) is 13.8. The number of carbonyl (C=O) groups excluding carboxylic acids is 2. The maximum atomic E-state index is 12.4. The molecule has 1 heterocycles. The van der Waals surface area contributed by atoms with Crippen LogP contribution < -0.4 is 4.90 Å². The third-order valence-corrected chi connectivity index (χ3v) is 4.67. The van der Waals surface area contributed by atoms with Crippen molar-refractivity contribution < 1.29 is 9.59 Å². The quantitative estimate of drug-likeness (QED) is 0.722. The van der Waals surface area contributed by atoms with Gasteiger partial charge in [-0.1, -0.05) is 39.7 Å². The summed E-state index contributed by atoms with van der Waals surface area (Å²) in [6, 6.07) is 10.2. The summed E-state index contributed by atoms with van der Waals surface area (Å²) in [7, 11) is 0. The summed E-state index contributed by atoms with van der Waals surface area (Å²) < 4.78 is 0.836. The van der Waals surface area contributed by atoms with Gasteiger partial charge < -0.3 is 0 Å². The fourth-order valence-electron chi connectivity index (χ4n) is 2.23. The third kappa shape index (κ3) is 1.79. The molecule has 0 unspecified atom stereocenters. The predicted molar refractivity (Wildman–Crippen MR) is 81.5 cm³/mol. The molecule has 0 saturated carbocycles. The zero-order valence-electron chi connectivity index (χ0n) is 10.5. The van der Waals surface area contributed by atoms with Gasteiger partial charge in [0.25, 0.3) is 11.8 Å². The van der Waals surface area contributed by atoms with Crippen LogP contribution in [0, 0.1) is 6.92 Å². The Bertz CT molecular complexity index is 723. The number of rotatable bonds is 1. The number of amides is 2. The summed E-state index contributed by atoms with van der Waals surface area (Å²) in [5, 5.41) is 0.397. The number of halogens is 2. The molecule has 1 aliphatic heterocycles. The first-order chi connectivity index (χ1) is 9.52. The minimum absolute atomic E-state index is 0.339. The molecule has 1 aliphatic rings. The fourth-order valence-corrected chi connectivity index (χ4v) is 2.92. The zero-order chi connectivity index (χ0) is 14.4. The van der Waals surface area contributed by atoms with E-state index in [2.05, 4.69) is 15.9 Å². The third-order valence-electron chi connectivity index (χ3n) is 3.33. The van der Waals surface area contributed by atoms with Crippen molar-refractivity contribution in [1.29, 1.82) is 0 Å². The second kappa shape index (κ2) is 4.72. The molecular weight excluding hydrogens is 342 g/mol. The Morgan fingerprint density at radius 3 is 2.10 bits per heavy atom. The van der Waals surface area contributed by atoms with Crippen molar-refractivity contribution >= 4 is 45.0 Å². The average molecular weight is 351 g/mol. The van der Waals surface area contributed by atoms with Crippen molar-refractivity contribution in [2.75, 3.05) is 4.90 Å². The molecule has 3 rings (SSSR count). The summed E-state index contributed by atoms with van der Waals surface area (Å²) in [6.45, 7) is 1.83. The second-order valence-corrected chi connectivity index (χ2v) is 5.73. The fraction of sp³-hybridized carbons (Fsp3) is 0.0667. The van der Waals surface area contributed by atoms with Gasteiger partial charge in [-0.25, -0.2) is 4.90 Å². The number of anilines is 1. The molecule has 100 valence electrons. The van der Waals surface area contributed by atoms with Crippen LogP contribution in [0.3, 0.4) is 0 Å². The minimum atomic E-state index is -0.339. The van der Waals surface area contributed by atoms with E-state index in [0.717, 1.165) is 14.9 Å². The number of benzene rings is 2. The topological polar surface area (TPSA) is 37.4 Å². The molecule has 0 aliphatic carbocycles. The van der Waals surface area contributed by atoms with Crippen molar-refractivity contribution in [2.24, 2.45) is 0 Å². The first-order valence-electron chi connectivity index (χ1n) is 5.95. The number of hydrogen-bond donors (Lipinski definition) is 0. The summed E-state index contributed by atoms with van der Waals surface area (Å²) >= 11 is 9.65. The van der Waals surface area contributed by atoms with E-state index in [-0.39, 0.29) is 11.8 Å². The van der Waals surface area contributed by atoms with Gasteiger partial charge in [0.15, 0.2) is 0 Å². The molecule has 0 spiro atoms. The Kier molecular flexibility index (Phi) is 3.15. The van der Waals surface area contributed by atoms with E-state index in [0.29, 0.717) is 21.8 Å². The van der Waals surface area contributed by atoms with Gasteiger partial charge in [0.05, 0.1) is 21.8 Å². The monoisotopic (exact) mass is 349 g/mol. The van der Waals surface area contributed by atoms with Gasteiger partial charge >= 0.3 is 0 Å². The van der Waals surface area contributed by atoms with Crippen LogP contribution in [0.15, 0.2) is 40.9 Å². The number of imide groups is 1. The highest BCUT2D eigenvalue weighted by Gasteiger charge is 2.37. The maximum Gasteiger partial charge on any atom is 0.266 e. The summed E-state index contributed by atoms with van der Waals surface area (Å²) in [4.78, 5) is 25.9. The van der Waals surface area contributed by atoms with Crippen molar-refractivity contribution in [3.8, 4) is 0 Å². The predicted octanol–water partition coefficient (Wildman–Crippen LogP) is 4.21. The van der Waals surface area contributed by atoms with Crippen LogP contribution in [-0.2, 0) is 0 Å². The lowest BCUT2D eigenvalue weighted by molar-refractivity contribution is 0.0926. The highest BCUT2D eigenvalue weighted by atomic mass is 79.9. The Morgan fingerprint density at radius 2 is 1.55 bits per heavy atom. The Labute approximate surface area is 129 Å². The lowest BCUT2D eigenvalue weighted by atomic mass is 10.1. The Morgan fingerprint density at radius 1 is 1.00 bits per heavy atom. The number of carbonyl (C=O) groups is 2. The van der Waals surface area contributed by atoms with E-state index in [9.17, 15) is 9.59 Å². The highest BCUT2D eigenvalue weighted by Crippen LogP contribution is 2.37. The van der Waals surface area contributed by atoms with Crippen molar-refractivity contribution in [1.82, 2.24) is 0 Å². The molecule has 3 nitrogen and oxygen atoms in total. The van der Waals surface area contributed by atoms with Gasteiger partial charge in [0.2, 0.25) is 0 Å². The van der Waals surface area contributed by atoms with Crippen LogP contribution in [0.5, 0.6) is 0 Å². The number of nitrogens with zero attached hydrogens (tertiary/aromatic N) is 1. The highest BCUT2D eigenvalue weighted by molar-refractivity contribution is 9.10. The molecule has 2 aromatic rings. The molecule has 0 radical (unpaired) electrons. The van der Waals surface area contributed by atoms with Gasteiger partial charge in [-0.3, -0.25) is 9.59 Å². The molecule has 0 saturated heterocycles. The molecule has 5 heteroatoms. The van der Waals surface area contributed by atoms with Crippen LogP contribution in [-0.4, -0.2) is 11.8 Å². The van der Waals surface area contributed by atoms with Crippen LogP contribution in [0.4, 0.5) is 5.69 Å². The number of fused-ring (bicyclic) bond motifs is 1. The molecule has 20 heavy (non-hydrogen) atoms. The van der Waals surface area contributed by atoms with Crippen LogP contribution in [0.1, 0.15) is 26.3 Å². The average Bonchev–Trinajstić information content (AvgIpc) is 2.70. The summed E-state index contributed by atoms with van der Waals surface area (Å²) in [6.07, 6.45) is 0. The molecule has 0 fully saturated rings. The number of hydrogen-bond acceptors (Lipinski definition) is 2. The van der Waals surface area contributed by atoms with Crippen LogP contribution in [0.2, 0.25) is 5.02 Å². The first kappa shape index (κ1) is 13.3. The second-order valence-electron chi connectivity index (χ2n) is 4.50. The molecule has 0 atom stereocenters. The summed E-state index contributed by atoms with van der Waals surface area (Å²) in [5.41, 5.74) is 2.03. The molecular formula is C15H9BrClNO2. The summed E-state index contributed by atoms with van der Waals surface area (Å²) in [5.74, 6) is -0.677. The van der Waals surface area contributed by atoms with Crippen LogP contribution >= 0.6 is 27.5 Å². The van der Waals surface area contributed by atoms with E-state index < -0.39 is 0 Å². The van der Waals surface area contributed by atoms with Crippen LogP contribution in [0.25, 0.3) is 0 Å². The zero-order valence-corrected chi connectivity index (χ0v) is 12.8. The largest absolute Gasteiger partial charge is 0.268 e. The SMILES string of the molecule is Cc1c(Br)ccc(N2C(=O)c3ccccc3C2=O)c1Cl. The van der Waals surface area contributed by atoms with E-state index in [1.165, 1.54) is 0 Å². The van der Waals surface area contributed by atoms with Crippen molar-refractivity contribution in [3.05, 3.63) is 62.6 Å². The lowest BCUT2D eigenvalue weighted by Gasteiger charge is -2.17. The van der Waals surface area contributed by atoms with Gasteiger partial charge in [-0.05, 0) is 36.8 Å². The standard InChI is InChI=1S/C15H9BrClNO2/c1-8-11(16)6-7-12(13(8)17)18-14(19)9-4-2-3-5-10(9)15(18)20/h2-7H,1H3. The molecule has 0 N–H and O–H groups in total. The van der Waals surface area contributed by atoms with E-state index in [4.69, 9.17) is 11.6 Å². The maximum absolute atomic E-state index is 12.4. The minimum Gasteiger partial charge on any atom is -0.268 e. The van der Waals surface area contributed by atoms with Gasteiger partial charge in [0.1, 0.15) is 0 Å². The van der Waals surface area contributed by atoms with E-state index in [1.807, 2.05) is 6.92 Å². The van der Waals surface area contributed by atoms with Crippen molar-refractivity contribution in [2.45, 2.75) is 6.92 Å². The first-order valence-corrected chi connectivity index (χ1v) is 7.12. The van der Waals surface area contributed by atoms with Gasteiger partial charge in [-0.15, -0.1) is 0 Å². The van der Waals surface area contributed by atoms with Crippen molar-refractivity contribution in [3.63, 3.8) is 0 Å². The van der Waals surface area contributed by atoms with E-state index >= 15 is 0 Å². The molecule has 2 amide bonds. The Balaban J connectivity index is 2.17. The van der Waals surface area contributed by atoms with Gasteiger partial charge in [-0.2, -0.15) is 0 Å². The van der Waals surface area contributed by atoms with E-state index in [1.54, 1.807) is 36.4 Å². The molecule has 2 aromatic carbocycles.